The van der Waals surface area contributed by atoms with Crippen molar-refractivity contribution in [2.24, 2.45) is 0 Å². The predicted octanol–water partition coefficient (Wildman–Crippen LogP) is 3.80. The molecule has 8 heteroatoms. The van der Waals surface area contributed by atoms with Crippen LogP contribution in [0.4, 0.5) is 24.8 Å². The van der Waals surface area contributed by atoms with Gasteiger partial charge in [0.1, 0.15) is 11.5 Å². The topological polar surface area (TPSA) is 66.9 Å². The highest BCUT2D eigenvalue weighted by Gasteiger charge is 2.11. The number of rotatable bonds is 6. The van der Waals surface area contributed by atoms with Gasteiger partial charge in [-0.05, 0) is 36.2 Å². The van der Waals surface area contributed by atoms with E-state index in [0.29, 0.717) is 18.5 Å². The summed E-state index contributed by atoms with van der Waals surface area (Å²) in [5.74, 6) is -2.76. The van der Waals surface area contributed by atoms with Crippen LogP contribution in [0.25, 0.3) is 0 Å². The highest BCUT2D eigenvalue weighted by atomic mass is 19.2. The monoisotopic (exact) mass is 372 g/mol. The minimum Gasteiger partial charge on any atom is -0.354 e. The van der Waals surface area contributed by atoms with E-state index in [4.69, 9.17) is 0 Å². The molecule has 27 heavy (non-hydrogen) atoms. The van der Waals surface area contributed by atoms with Gasteiger partial charge >= 0.3 is 0 Å². The van der Waals surface area contributed by atoms with Crippen LogP contribution in [0.2, 0.25) is 0 Å². The fraction of sp³-hybridized carbons (Fsp3) is 0.105. The number of aromatic nitrogens is 2. The molecule has 1 aromatic heterocycles. The Morgan fingerprint density at radius 1 is 0.963 bits per heavy atom. The molecule has 0 aliphatic carbocycles. The van der Waals surface area contributed by atoms with Gasteiger partial charge < -0.3 is 10.6 Å². The van der Waals surface area contributed by atoms with E-state index >= 15 is 0 Å². The third-order valence-electron chi connectivity index (χ3n) is 3.70. The number of nitrogens with one attached hydrogen (secondary N) is 2. The number of benzene rings is 2. The summed E-state index contributed by atoms with van der Waals surface area (Å²) in [4.78, 5) is 20.3. The first-order valence-corrected chi connectivity index (χ1v) is 8.09. The van der Waals surface area contributed by atoms with Crippen molar-refractivity contribution in [2.75, 3.05) is 17.2 Å². The van der Waals surface area contributed by atoms with Crippen molar-refractivity contribution in [2.45, 2.75) is 6.42 Å². The lowest BCUT2D eigenvalue weighted by Crippen LogP contribution is -2.16. The number of nitrogens with zero attached hydrogens (tertiary/aromatic N) is 2. The molecule has 0 aliphatic rings. The molecule has 0 saturated heterocycles. The van der Waals surface area contributed by atoms with Crippen LogP contribution >= 0.6 is 0 Å². The number of halogens is 3. The lowest BCUT2D eigenvalue weighted by molar-refractivity contribution is 0.102. The van der Waals surface area contributed by atoms with Crippen LogP contribution in [-0.4, -0.2) is 22.4 Å². The van der Waals surface area contributed by atoms with E-state index in [1.807, 2.05) is 0 Å². The van der Waals surface area contributed by atoms with Gasteiger partial charge in [-0.3, -0.25) is 4.79 Å². The van der Waals surface area contributed by atoms with E-state index < -0.39 is 17.5 Å². The number of amides is 1. The fourth-order valence-electron chi connectivity index (χ4n) is 2.35. The number of carbonyl (C=O) groups is 1. The molecular formula is C19H15F3N4O. The molecule has 3 rings (SSSR count). The number of hydrogen-bond acceptors (Lipinski definition) is 4. The third-order valence-corrected chi connectivity index (χ3v) is 3.70. The summed E-state index contributed by atoms with van der Waals surface area (Å²) >= 11 is 0. The second kappa shape index (κ2) is 8.31. The van der Waals surface area contributed by atoms with Gasteiger partial charge in [0.05, 0.1) is 0 Å². The van der Waals surface area contributed by atoms with Gasteiger partial charge in [0.2, 0.25) is 5.95 Å². The molecule has 1 amide bonds. The summed E-state index contributed by atoms with van der Waals surface area (Å²) < 4.78 is 39.7. The van der Waals surface area contributed by atoms with Crippen LogP contribution in [0.5, 0.6) is 0 Å². The Labute approximate surface area is 153 Å². The molecule has 3 aromatic rings. The molecule has 0 radical (unpaired) electrons. The molecule has 138 valence electrons. The first kappa shape index (κ1) is 18.4. The van der Waals surface area contributed by atoms with Crippen LogP contribution in [0, 0.1) is 17.5 Å². The molecule has 5 nitrogen and oxygen atoms in total. The standard InChI is InChI=1S/C19H15F3N4O/c20-14-4-2-1-3-12(14)7-9-23-19-24-10-8-17(26-19)18(27)25-13-5-6-15(21)16(22)11-13/h1-6,8,10-11H,7,9H2,(H,25,27)(H,23,24,26). The van der Waals surface area contributed by atoms with Crippen molar-refractivity contribution in [1.82, 2.24) is 9.97 Å². The quantitative estimate of drug-likeness (QED) is 0.691. The Kier molecular flexibility index (Phi) is 5.65. The molecule has 0 atom stereocenters. The summed E-state index contributed by atoms with van der Waals surface area (Å²) in [5.41, 5.74) is 0.701. The van der Waals surface area contributed by atoms with Gasteiger partial charge in [0.25, 0.3) is 5.91 Å². The van der Waals surface area contributed by atoms with Gasteiger partial charge in [-0.2, -0.15) is 0 Å². The van der Waals surface area contributed by atoms with Crippen LogP contribution in [-0.2, 0) is 6.42 Å². The Hall–Kier alpha value is -3.42. The zero-order valence-corrected chi connectivity index (χ0v) is 14.0. The van der Waals surface area contributed by atoms with E-state index in [1.165, 1.54) is 24.4 Å². The zero-order chi connectivity index (χ0) is 19.2. The minimum absolute atomic E-state index is 0.0446. The van der Waals surface area contributed by atoms with Crippen molar-refractivity contribution in [3.8, 4) is 0 Å². The lowest BCUT2D eigenvalue weighted by atomic mass is 10.1. The molecule has 0 aliphatic heterocycles. The van der Waals surface area contributed by atoms with E-state index in [-0.39, 0.29) is 23.1 Å². The van der Waals surface area contributed by atoms with Crippen molar-refractivity contribution >= 4 is 17.5 Å². The number of carbonyl (C=O) groups excluding carboxylic acids is 1. The molecule has 2 N–H and O–H groups in total. The summed E-state index contributed by atoms with van der Waals surface area (Å²) in [6, 6.07) is 10.9. The first-order chi connectivity index (χ1) is 13.0. The third kappa shape index (κ3) is 4.81. The van der Waals surface area contributed by atoms with Crippen molar-refractivity contribution in [1.29, 1.82) is 0 Å². The highest BCUT2D eigenvalue weighted by molar-refractivity contribution is 6.02. The summed E-state index contributed by atoms with van der Waals surface area (Å²) in [5, 5.41) is 5.35. The molecule has 0 fully saturated rings. The summed E-state index contributed by atoms with van der Waals surface area (Å²) in [7, 11) is 0. The smallest absolute Gasteiger partial charge is 0.274 e. The maximum Gasteiger partial charge on any atom is 0.274 e. The fourth-order valence-corrected chi connectivity index (χ4v) is 2.35. The van der Waals surface area contributed by atoms with Crippen molar-refractivity contribution in [3.05, 3.63) is 83.4 Å². The molecule has 0 bridgehead atoms. The molecule has 0 saturated carbocycles. The van der Waals surface area contributed by atoms with Crippen LogP contribution in [0.3, 0.4) is 0 Å². The second-order valence-corrected chi connectivity index (χ2v) is 5.62. The average Bonchev–Trinajstić information content (AvgIpc) is 2.66. The highest BCUT2D eigenvalue weighted by Crippen LogP contribution is 2.14. The Balaban J connectivity index is 1.61. The molecule has 2 aromatic carbocycles. The van der Waals surface area contributed by atoms with Crippen LogP contribution in [0.15, 0.2) is 54.7 Å². The second-order valence-electron chi connectivity index (χ2n) is 5.62. The average molecular weight is 372 g/mol. The van der Waals surface area contributed by atoms with E-state index in [0.717, 1.165) is 12.1 Å². The number of anilines is 2. The normalized spacial score (nSPS) is 10.5. The Bertz CT molecular complexity index is 965. The van der Waals surface area contributed by atoms with Gasteiger partial charge in [-0.1, -0.05) is 18.2 Å². The van der Waals surface area contributed by atoms with Gasteiger partial charge in [-0.25, -0.2) is 23.1 Å². The molecule has 0 spiro atoms. The van der Waals surface area contributed by atoms with Crippen LogP contribution in [0.1, 0.15) is 16.1 Å². The van der Waals surface area contributed by atoms with E-state index in [1.54, 1.807) is 18.2 Å². The zero-order valence-electron chi connectivity index (χ0n) is 14.0. The molecule has 1 heterocycles. The maximum absolute atomic E-state index is 13.6. The van der Waals surface area contributed by atoms with E-state index in [9.17, 15) is 18.0 Å². The predicted molar refractivity (Wildman–Crippen MR) is 94.9 cm³/mol. The molecular weight excluding hydrogens is 357 g/mol. The van der Waals surface area contributed by atoms with Crippen molar-refractivity contribution in [3.63, 3.8) is 0 Å². The molecule has 0 unspecified atom stereocenters. The lowest BCUT2D eigenvalue weighted by Gasteiger charge is -2.08. The Morgan fingerprint density at radius 2 is 1.78 bits per heavy atom. The largest absolute Gasteiger partial charge is 0.354 e. The minimum atomic E-state index is -1.06. The van der Waals surface area contributed by atoms with Crippen LogP contribution < -0.4 is 10.6 Å². The van der Waals surface area contributed by atoms with Gasteiger partial charge in [-0.15, -0.1) is 0 Å². The van der Waals surface area contributed by atoms with E-state index in [2.05, 4.69) is 20.6 Å². The summed E-state index contributed by atoms with van der Waals surface area (Å²) in [6.45, 7) is 0.370. The SMILES string of the molecule is O=C(Nc1ccc(F)c(F)c1)c1ccnc(NCCc2ccccc2F)n1. The van der Waals surface area contributed by atoms with Gasteiger partial charge in [0, 0.05) is 24.5 Å². The maximum atomic E-state index is 13.6. The summed E-state index contributed by atoms with van der Waals surface area (Å²) in [6.07, 6.45) is 1.81. The Morgan fingerprint density at radius 3 is 2.56 bits per heavy atom. The number of hydrogen-bond donors (Lipinski definition) is 2. The first-order valence-electron chi connectivity index (χ1n) is 8.09. The van der Waals surface area contributed by atoms with Gasteiger partial charge in [0.15, 0.2) is 11.6 Å². The van der Waals surface area contributed by atoms with Crippen molar-refractivity contribution < 1.29 is 18.0 Å².